The van der Waals surface area contributed by atoms with Crippen LogP contribution in [0, 0.1) is 6.92 Å². The Balaban J connectivity index is 1.31. The van der Waals surface area contributed by atoms with Crippen LogP contribution in [0.1, 0.15) is 34.3 Å². The Bertz CT molecular complexity index is 1070. The highest BCUT2D eigenvalue weighted by atomic mass is 16.2. The molecule has 6 heteroatoms. The molecule has 1 heterocycles. The Morgan fingerprint density at radius 1 is 0.879 bits per heavy atom. The number of hydrogen-bond acceptors (Lipinski definition) is 3. The number of piperidine rings is 1. The highest BCUT2D eigenvalue weighted by Gasteiger charge is 2.23. The third kappa shape index (κ3) is 6.13. The Morgan fingerprint density at radius 3 is 2.27 bits per heavy atom. The number of nitrogens with zero attached hydrogens (tertiary/aromatic N) is 1. The van der Waals surface area contributed by atoms with Crippen molar-refractivity contribution in [2.75, 3.05) is 23.3 Å². The molecular formula is C27H30N4O2. The molecule has 1 aliphatic rings. The van der Waals surface area contributed by atoms with Gasteiger partial charge in [0.25, 0.3) is 5.91 Å². The second-order valence-corrected chi connectivity index (χ2v) is 8.41. The van der Waals surface area contributed by atoms with E-state index in [4.69, 9.17) is 0 Å². The summed E-state index contributed by atoms with van der Waals surface area (Å²) in [6, 6.07) is 25.3. The first kappa shape index (κ1) is 22.4. The first-order chi connectivity index (χ1) is 16.1. The third-order valence-corrected chi connectivity index (χ3v) is 5.92. The Hall–Kier alpha value is -3.80. The van der Waals surface area contributed by atoms with Gasteiger partial charge in [0.2, 0.25) is 0 Å². The molecule has 3 aromatic rings. The highest BCUT2D eigenvalue weighted by molar-refractivity contribution is 5.99. The molecule has 0 spiro atoms. The molecule has 3 aromatic carbocycles. The summed E-state index contributed by atoms with van der Waals surface area (Å²) in [6.07, 6.45) is 1.64. The molecule has 1 saturated heterocycles. The molecule has 3 amide bonds. The third-order valence-electron chi connectivity index (χ3n) is 5.92. The van der Waals surface area contributed by atoms with E-state index >= 15 is 0 Å². The van der Waals surface area contributed by atoms with E-state index in [0.29, 0.717) is 12.1 Å². The van der Waals surface area contributed by atoms with E-state index in [1.165, 1.54) is 0 Å². The summed E-state index contributed by atoms with van der Waals surface area (Å²) < 4.78 is 0. The molecule has 0 saturated carbocycles. The molecule has 0 aliphatic carbocycles. The van der Waals surface area contributed by atoms with Gasteiger partial charge in [-0.05, 0) is 49.6 Å². The summed E-state index contributed by atoms with van der Waals surface area (Å²) in [7, 11) is 0. The fourth-order valence-corrected chi connectivity index (χ4v) is 4.07. The van der Waals surface area contributed by atoms with Gasteiger partial charge in [0.15, 0.2) is 0 Å². The normalized spacial score (nSPS) is 13.9. The lowest BCUT2D eigenvalue weighted by Crippen LogP contribution is -2.46. The van der Waals surface area contributed by atoms with E-state index in [1.807, 2.05) is 85.8 Å². The van der Waals surface area contributed by atoms with Gasteiger partial charge in [-0.1, -0.05) is 60.2 Å². The van der Waals surface area contributed by atoms with E-state index < -0.39 is 0 Å². The predicted molar refractivity (Wildman–Crippen MR) is 133 cm³/mol. The van der Waals surface area contributed by atoms with Crippen LogP contribution in [0.15, 0.2) is 78.9 Å². The average Bonchev–Trinajstić information content (AvgIpc) is 2.85. The molecule has 170 valence electrons. The van der Waals surface area contributed by atoms with Crippen LogP contribution < -0.4 is 20.9 Å². The number of anilines is 2. The molecular weight excluding hydrogens is 412 g/mol. The second-order valence-electron chi connectivity index (χ2n) is 8.41. The van der Waals surface area contributed by atoms with Crippen molar-refractivity contribution in [3.63, 3.8) is 0 Å². The number of carbonyl (C=O) groups excluding carboxylic acids is 2. The van der Waals surface area contributed by atoms with E-state index in [9.17, 15) is 9.59 Å². The molecule has 0 bridgehead atoms. The van der Waals surface area contributed by atoms with Crippen LogP contribution in [0.5, 0.6) is 0 Å². The van der Waals surface area contributed by atoms with E-state index in [0.717, 1.165) is 48.4 Å². The van der Waals surface area contributed by atoms with Gasteiger partial charge in [0.05, 0.1) is 5.56 Å². The highest BCUT2D eigenvalue weighted by Crippen LogP contribution is 2.24. The van der Waals surface area contributed by atoms with Gasteiger partial charge in [-0.2, -0.15) is 0 Å². The van der Waals surface area contributed by atoms with Gasteiger partial charge in [-0.15, -0.1) is 0 Å². The smallest absolute Gasteiger partial charge is 0.319 e. The lowest BCUT2D eigenvalue weighted by atomic mass is 10.0. The van der Waals surface area contributed by atoms with Crippen LogP contribution in [0.3, 0.4) is 0 Å². The first-order valence-electron chi connectivity index (χ1n) is 11.4. The molecule has 33 heavy (non-hydrogen) atoms. The lowest BCUT2D eigenvalue weighted by molar-refractivity contribution is 0.0951. The van der Waals surface area contributed by atoms with Gasteiger partial charge in [0, 0.05) is 37.1 Å². The summed E-state index contributed by atoms with van der Waals surface area (Å²) in [5.41, 5.74) is 4.62. The van der Waals surface area contributed by atoms with Crippen LogP contribution in [0.25, 0.3) is 0 Å². The number of rotatable bonds is 6. The topological polar surface area (TPSA) is 73.5 Å². The maximum atomic E-state index is 12.9. The van der Waals surface area contributed by atoms with Crippen molar-refractivity contribution >= 4 is 23.3 Å². The van der Waals surface area contributed by atoms with Crippen molar-refractivity contribution in [3.8, 4) is 0 Å². The Kier molecular flexibility index (Phi) is 7.25. The quantitative estimate of drug-likeness (QED) is 0.517. The number of urea groups is 1. The van der Waals surface area contributed by atoms with Crippen molar-refractivity contribution < 1.29 is 9.59 Å². The summed E-state index contributed by atoms with van der Waals surface area (Å²) in [6.45, 7) is 4.07. The maximum Gasteiger partial charge on any atom is 0.319 e. The van der Waals surface area contributed by atoms with Crippen LogP contribution in [-0.4, -0.2) is 31.1 Å². The van der Waals surface area contributed by atoms with E-state index in [2.05, 4.69) is 20.9 Å². The maximum absolute atomic E-state index is 12.9. The zero-order chi connectivity index (χ0) is 23.0. The number of para-hydroxylation sites is 1. The predicted octanol–water partition coefficient (Wildman–Crippen LogP) is 4.72. The molecule has 0 aromatic heterocycles. The number of amides is 3. The fourth-order valence-electron chi connectivity index (χ4n) is 4.07. The molecule has 0 unspecified atom stereocenters. The molecule has 4 rings (SSSR count). The van der Waals surface area contributed by atoms with Crippen molar-refractivity contribution in [3.05, 3.63) is 95.6 Å². The molecule has 1 fully saturated rings. The minimum Gasteiger partial charge on any atom is -0.371 e. The summed E-state index contributed by atoms with van der Waals surface area (Å²) in [4.78, 5) is 27.5. The van der Waals surface area contributed by atoms with Crippen LogP contribution in [0.2, 0.25) is 0 Å². The Labute approximate surface area is 195 Å². The van der Waals surface area contributed by atoms with Crippen molar-refractivity contribution in [2.45, 2.75) is 32.4 Å². The first-order valence-corrected chi connectivity index (χ1v) is 11.4. The fraction of sp³-hybridized carbons (Fsp3) is 0.259. The number of carbonyl (C=O) groups is 2. The molecule has 3 N–H and O–H groups in total. The average molecular weight is 443 g/mol. The van der Waals surface area contributed by atoms with Crippen molar-refractivity contribution in [1.29, 1.82) is 0 Å². The molecule has 0 radical (unpaired) electrons. The van der Waals surface area contributed by atoms with Crippen LogP contribution in [0.4, 0.5) is 16.2 Å². The second kappa shape index (κ2) is 10.7. The number of nitrogens with one attached hydrogen (secondary N) is 3. The van der Waals surface area contributed by atoms with Gasteiger partial charge in [-0.25, -0.2) is 4.79 Å². The minimum atomic E-state index is -0.182. The molecule has 6 nitrogen and oxygen atoms in total. The standard InChI is InChI=1S/C27H30N4O2/c1-20-11-13-22(14-12-20)29-27(33)30-23-15-17-31(18-16-23)25-10-6-5-9-24(25)26(32)28-19-21-7-3-2-4-8-21/h2-14,23H,15-19H2,1H3,(H,28,32)(H2,29,30,33). The van der Waals surface area contributed by atoms with Crippen LogP contribution >= 0.6 is 0 Å². The number of benzene rings is 3. The summed E-state index contributed by atoms with van der Waals surface area (Å²) in [5, 5.41) is 8.99. The zero-order valence-electron chi connectivity index (χ0n) is 18.9. The van der Waals surface area contributed by atoms with Crippen molar-refractivity contribution in [1.82, 2.24) is 10.6 Å². The van der Waals surface area contributed by atoms with Gasteiger partial charge < -0.3 is 20.9 Å². The summed E-state index contributed by atoms with van der Waals surface area (Å²) in [5.74, 6) is -0.0767. The van der Waals surface area contributed by atoms with E-state index in [-0.39, 0.29) is 18.0 Å². The largest absolute Gasteiger partial charge is 0.371 e. The van der Waals surface area contributed by atoms with Crippen molar-refractivity contribution in [2.24, 2.45) is 0 Å². The summed E-state index contributed by atoms with van der Waals surface area (Å²) >= 11 is 0. The van der Waals surface area contributed by atoms with Gasteiger partial charge in [-0.3, -0.25) is 4.79 Å². The SMILES string of the molecule is Cc1ccc(NC(=O)NC2CCN(c3ccccc3C(=O)NCc3ccccc3)CC2)cc1. The lowest BCUT2D eigenvalue weighted by Gasteiger charge is -2.34. The van der Waals surface area contributed by atoms with Crippen LogP contribution in [-0.2, 0) is 6.54 Å². The minimum absolute atomic E-state index is 0.0767. The zero-order valence-corrected chi connectivity index (χ0v) is 18.9. The van der Waals surface area contributed by atoms with Gasteiger partial charge in [0.1, 0.15) is 0 Å². The molecule has 1 aliphatic heterocycles. The van der Waals surface area contributed by atoms with E-state index in [1.54, 1.807) is 0 Å². The molecule has 0 atom stereocenters. The monoisotopic (exact) mass is 442 g/mol. The number of aryl methyl sites for hydroxylation is 1. The number of hydrogen-bond donors (Lipinski definition) is 3. The van der Waals surface area contributed by atoms with Gasteiger partial charge >= 0.3 is 6.03 Å². The Morgan fingerprint density at radius 2 is 1.55 bits per heavy atom.